The average Bonchev–Trinajstić information content (AvgIpc) is 2.39. The van der Waals surface area contributed by atoms with Crippen molar-refractivity contribution in [2.75, 3.05) is 11.9 Å². The topological polar surface area (TPSA) is 78.4 Å². The predicted molar refractivity (Wildman–Crippen MR) is 77.2 cm³/mol. The molecule has 3 N–H and O–H groups in total. The summed E-state index contributed by atoms with van der Waals surface area (Å²) in [4.78, 5) is 22.8. The smallest absolute Gasteiger partial charge is 0.319 e. The lowest BCUT2D eigenvalue weighted by Crippen LogP contribution is -2.42. The van der Waals surface area contributed by atoms with E-state index in [0.717, 1.165) is 0 Å². The van der Waals surface area contributed by atoms with Gasteiger partial charge in [-0.25, -0.2) is 9.18 Å². The molecule has 5 nitrogen and oxygen atoms in total. The Morgan fingerprint density at radius 2 is 2.10 bits per heavy atom. The molecule has 2 amide bonds. The fourth-order valence-electron chi connectivity index (χ4n) is 1.38. The fraction of sp³-hybridized carbons (Fsp3) is 0.385. The van der Waals surface area contributed by atoms with E-state index < -0.39 is 23.2 Å². The van der Waals surface area contributed by atoms with Gasteiger partial charge in [-0.05, 0) is 47.5 Å². The highest BCUT2D eigenvalue weighted by Crippen LogP contribution is 2.23. The van der Waals surface area contributed by atoms with Crippen molar-refractivity contribution in [3.8, 4) is 0 Å². The number of amides is 2. The number of rotatable bonds is 5. The highest BCUT2D eigenvalue weighted by Gasteiger charge is 2.31. The summed E-state index contributed by atoms with van der Waals surface area (Å²) in [5.41, 5.74) is -0.616. The lowest BCUT2D eigenvalue weighted by molar-refractivity contribution is -0.147. The number of urea groups is 1. The second kappa shape index (κ2) is 6.69. The Balaban J connectivity index is 2.62. The van der Waals surface area contributed by atoms with Crippen LogP contribution in [0.4, 0.5) is 14.9 Å². The molecule has 0 fully saturated rings. The van der Waals surface area contributed by atoms with Crippen molar-refractivity contribution < 1.29 is 19.1 Å². The number of halogens is 2. The van der Waals surface area contributed by atoms with Crippen molar-refractivity contribution >= 4 is 33.6 Å². The lowest BCUT2D eigenvalue weighted by Gasteiger charge is -2.23. The molecule has 20 heavy (non-hydrogen) atoms. The van der Waals surface area contributed by atoms with Crippen LogP contribution in [-0.2, 0) is 4.79 Å². The van der Waals surface area contributed by atoms with Crippen LogP contribution in [0.15, 0.2) is 22.7 Å². The SMILES string of the molecule is CCC(C)(CNC(=O)Nc1ccc(F)cc1Br)C(=O)O. The first-order chi connectivity index (χ1) is 9.28. The minimum Gasteiger partial charge on any atom is -0.481 e. The molecule has 0 radical (unpaired) electrons. The molecule has 0 saturated heterocycles. The molecule has 110 valence electrons. The largest absolute Gasteiger partial charge is 0.481 e. The number of hydrogen-bond donors (Lipinski definition) is 3. The molecule has 0 bridgehead atoms. The first-order valence-electron chi connectivity index (χ1n) is 6.02. The van der Waals surface area contributed by atoms with Crippen molar-refractivity contribution in [3.05, 3.63) is 28.5 Å². The normalized spacial score (nSPS) is 13.4. The Morgan fingerprint density at radius 1 is 1.45 bits per heavy atom. The van der Waals surface area contributed by atoms with Gasteiger partial charge in [0.2, 0.25) is 0 Å². The molecule has 1 rings (SSSR count). The zero-order valence-corrected chi connectivity index (χ0v) is 12.8. The van der Waals surface area contributed by atoms with Gasteiger partial charge in [0.25, 0.3) is 0 Å². The van der Waals surface area contributed by atoms with Gasteiger partial charge in [-0.15, -0.1) is 0 Å². The molecule has 0 heterocycles. The van der Waals surface area contributed by atoms with Gasteiger partial charge in [-0.3, -0.25) is 4.79 Å². The predicted octanol–water partition coefficient (Wildman–Crippen LogP) is 3.21. The maximum atomic E-state index is 12.9. The summed E-state index contributed by atoms with van der Waals surface area (Å²) in [6.45, 7) is 3.30. The summed E-state index contributed by atoms with van der Waals surface area (Å²) in [5, 5.41) is 14.1. The molecule has 1 aromatic rings. The quantitative estimate of drug-likeness (QED) is 0.765. The van der Waals surface area contributed by atoms with E-state index in [0.29, 0.717) is 16.6 Å². The molecule has 0 aliphatic rings. The van der Waals surface area contributed by atoms with E-state index in [1.165, 1.54) is 18.2 Å². The Labute approximate surface area is 124 Å². The Morgan fingerprint density at radius 3 is 2.60 bits per heavy atom. The van der Waals surface area contributed by atoms with E-state index in [-0.39, 0.29) is 6.54 Å². The summed E-state index contributed by atoms with van der Waals surface area (Å²) >= 11 is 3.13. The maximum absolute atomic E-state index is 12.9. The Hall–Kier alpha value is -1.63. The van der Waals surface area contributed by atoms with Crippen molar-refractivity contribution in [2.24, 2.45) is 5.41 Å². The van der Waals surface area contributed by atoms with Gasteiger partial charge < -0.3 is 15.7 Å². The van der Waals surface area contributed by atoms with Crippen LogP contribution in [0, 0.1) is 11.2 Å². The van der Waals surface area contributed by atoms with Gasteiger partial charge in [0.05, 0.1) is 11.1 Å². The van der Waals surface area contributed by atoms with Crippen LogP contribution in [0.3, 0.4) is 0 Å². The first kappa shape index (κ1) is 16.4. The van der Waals surface area contributed by atoms with E-state index in [2.05, 4.69) is 26.6 Å². The Bertz CT molecular complexity index is 524. The summed E-state index contributed by atoms with van der Waals surface area (Å²) in [6, 6.07) is 3.31. The van der Waals surface area contributed by atoms with E-state index in [9.17, 15) is 14.0 Å². The van der Waals surface area contributed by atoms with Crippen LogP contribution >= 0.6 is 15.9 Å². The number of hydrogen-bond acceptors (Lipinski definition) is 2. The number of benzene rings is 1. The molecule has 0 aliphatic carbocycles. The number of aliphatic carboxylic acids is 1. The zero-order chi connectivity index (χ0) is 15.3. The summed E-state index contributed by atoms with van der Waals surface area (Å²) in [5.74, 6) is -1.39. The third-order valence-corrected chi connectivity index (χ3v) is 3.77. The molecule has 1 atom stereocenters. The minimum absolute atomic E-state index is 0.00345. The number of anilines is 1. The molecular weight excluding hydrogens is 331 g/mol. The number of carboxylic acid groups (broad SMARTS) is 1. The van der Waals surface area contributed by atoms with Crippen LogP contribution in [0.1, 0.15) is 20.3 Å². The fourth-order valence-corrected chi connectivity index (χ4v) is 1.83. The maximum Gasteiger partial charge on any atom is 0.319 e. The van der Waals surface area contributed by atoms with Gasteiger partial charge in [0.15, 0.2) is 0 Å². The summed E-state index contributed by atoms with van der Waals surface area (Å²) < 4.78 is 13.3. The van der Waals surface area contributed by atoms with Gasteiger partial charge in [0, 0.05) is 11.0 Å². The number of carbonyl (C=O) groups is 2. The van der Waals surface area contributed by atoms with Gasteiger partial charge in [0.1, 0.15) is 5.82 Å². The van der Waals surface area contributed by atoms with E-state index in [1.54, 1.807) is 13.8 Å². The van der Waals surface area contributed by atoms with Crippen LogP contribution in [0.25, 0.3) is 0 Å². The highest BCUT2D eigenvalue weighted by molar-refractivity contribution is 9.10. The number of carbonyl (C=O) groups excluding carboxylic acids is 1. The van der Waals surface area contributed by atoms with E-state index in [4.69, 9.17) is 5.11 Å². The number of carboxylic acids is 1. The number of nitrogens with one attached hydrogen (secondary N) is 2. The molecule has 0 aliphatic heterocycles. The minimum atomic E-state index is -1.02. The summed E-state index contributed by atoms with van der Waals surface area (Å²) in [6.07, 6.45) is 0.392. The molecule has 7 heteroatoms. The molecule has 0 aromatic heterocycles. The van der Waals surface area contributed by atoms with Crippen molar-refractivity contribution in [2.45, 2.75) is 20.3 Å². The van der Waals surface area contributed by atoms with Crippen LogP contribution in [0.2, 0.25) is 0 Å². The van der Waals surface area contributed by atoms with Crippen LogP contribution in [-0.4, -0.2) is 23.7 Å². The molecule has 1 aromatic carbocycles. The monoisotopic (exact) mass is 346 g/mol. The van der Waals surface area contributed by atoms with Gasteiger partial charge in [-0.1, -0.05) is 6.92 Å². The third kappa shape index (κ3) is 4.19. The second-order valence-electron chi connectivity index (χ2n) is 4.65. The van der Waals surface area contributed by atoms with Crippen molar-refractivity contribution in [1.82, 2.24) is 5.32 Å². The van der Waals surface area contributed by atoms with E-state index >= 15 is 0 Å². The zero-order valence-electron chi connectivity index (χ0n) is 11.2. The molecule has 0 spiro atoms. The van der Waals surface area contributed by atoms with Gasteiger partial charge >= 0.3 is 12.0 Å². The average molecular weight is 347 g/mol. The van der Waals surface area contributed by atoms with Crippen molar-refractivity contribution in [3.63, 3.8) is 0 Å². The molecule has 0 saturated carbocycles. The Kier molecular flexibility index (Phi) is 5.50. The summed E-state index contributed by atoms with van der Waals surface area (Å²) in [7, 11) is 0. The second-order valence-corrected chi connectivity index (χ2v) is 5.51. The molecule has 1 unspecified atom stereocenters. The van der Waals surface area contributed by atoms with Crippen molar-refractivity contribution in [1.29, 1.82) is 0 Å². The van der Waals surface area contributed by atoms with Crippen LogP contribution in [0.5, 0.6) is 0 Å². The third-order valence-electron chi connectivity index (χ3n) is 3.12. The highest BCUT2D eigenvalue weighted by atomic mass is 79.9. The van der Waals surface area contributed by atoms with Crippen LogP contribution < -0.4 is 10.6 Å². The van der Waals surface area contributed by atoms with E-state index in [1.807, 2.05) is 0 Å². The lowest BCUT2D eigenvalue weighted by atomic mass is 9.88. The molecular formula is C13H16BrFN2O3. The van der Waals surface area contributed by atoms with Gasteiger partial charge in [-0.2, -0.15) is 0 Å². The standard InChI is InChI=1S/C13H16BrFN2O3/c1-3-13(2,11(18)19)7-16-12(20)17-10-5-4-8(15)6-9(10)14/h4-6H,3,7H2,1-2H3,(H,18,19)(H2,16,17,20). The first-order valence-corrected chi connectivity index (χ1v) is 6.81.